The van der Waals surface area contributed by atoms with Gasteiger partial charge in [0.2, 0.25) is 5.82 Å². The van der Waals surface area contributed by atoms with Gasteiger partial charge >= 0.3 is 0 Å². The van der Waals surface area contributed by atoms with E-state index in [1.165, 1.54) is 12.1 Å². The van der Waals surface area contributed by atoms with Crippen LogP contribution >= 0.6 is 0 Å². The first kappa shape index (κ1) is 26.3. The smallest absolute Gasteiger partial charge is 0.288 e. The number of nitrogens with zero attached hydrogens (tertiary/aromatic N) is 2. The van der Waals surface area contributed by atoms with Crippen molar-refractivity contribution in [2.75, 3.05) is 0 Å². The molecule has 3 aromatic carbocycles. The van der Waals surface area contributed by atoms with E-state index >= 15 is 0 Å². The number of nitrogens with two attached hydrogens (primary N) is 1. The zero-order valence-electron chi connectivity index (χ0n) is 22.6. The van der Waals surface area contributed by atoms with Gasteiger partial charge in [0.05, 0.1) is 5.56 Å². The van der Waals surface area contributed by atoms with Crippen LogP contribution in [0.15, 0.2) is 65.1 Å². The molecule has 5 aromatic rings. The third kappa shape index (κ3) is 4.73. The van der Waals surface area contributed by atoms with E-state index in [4.69, 9.17) is 10.2 Å². The maximum Gasteiger partial charge on any atom is 0.288 e. The van der Waals surface area contributed by atoms with Crippen molar-refractivity contribution in [1.29, 1.82) is 0 Å². The van der Waals surface area contributed by atoms with E-state index in [0.29, 0.717) is 39.2 Å². The molecule has 0 aliphatic heterocycles. The van der Waals surface area contributed by atoms with Crippen molar-refractivity contribution in [3.8, 4) is 22.5 Å². The van der Waals surface area contributed by atoms with Crippen LogP contribution in [0.25, 0.3) is 33.4 Å². The molecular weight excluding hydrogens is 523 g/mol. The Labute approximate surface area is 234 Å². The summed E-state index contributed by atoms with van der Waals surface area (Å²) in [5, 5.41) is 7.31. The van der Waals surface area contributed by atoms with E-state index in [-0.39, 0.29) is 36.0 Å². The van der Waals surface area contributed by atoms with E-state index in [0.717, 1.165) is 29.5 Å². The summed E-state index contributed by atoms with van der Waals surface area (Å²) in [5.41, 5.74) is 9.64. The number of hydrogen-bond acceptors (Lipinski definition) is 6. The number of furan rings is 1. The second-order valence-electron chi connectivity index (χ2n) is 10.6. The number of fused-ring (bicyclic) bond motifs is 1. The molecule has 9 heteroatoms. The Balaban J connectivity index is 1.36. The number of hydrogen-bond donors (Lipinski definition) is 2. The number of halogens is 1. The molecule has 0 atom stereocenters. The lowest BCUT2D eigenvalue weighted by molar-refractivity contribution is 0.0965. The Bertz CT molecular complexity index is 1850. The fourth-order valence-corrected chi connectivity index (χ4v) is 5.30. The molecule has 206 valence electrons. The number of carbonyl (C=O) groups excluding carboxylic acids is 3. The summed E-state index contributed by atoms with van der Waals surface area (Å²) in [5.74, 6) is -0.401. The third-order valence-corrected chi connectivity index (χ3v) is 7.83. The molecule has 0 spiro atoms. The maximum atomic E-state index is 13.6. The lowest BCUT2D eigenvalue weighted by Gasteiger charge is -2.13. The van der Waals surface area contributed by atoms with Gasteiger partial charge in [0.15, 0.2) is 11.6 Å². The lowest BCUT2D eigenvalue weighted by Crippen LogP contribution is -2.17. The molecule has 1 aliphatic rings. The highest BCUT2D eigenvalue weighted by atomic mass is 19.1. The number of benzene rings is 3. The molecule has 2 aromatic heterocycles. The van der Waals surface area contributed by atoms with Crippen molar-refractivity contribution < 1.29 is 23.2 Å². The summed E-state index contributed by atoms with van der Waals surface area (Å²) >= 11 is 0. The number of carbonyl (C=O) groups is 3. The minimum absolute atomic E-state index is 0.0504. The Morgan fingerprint density at radius 3 is 2.39 bits per heavy atom. The molecule has 1 fully saturated rings. The fraction of sp³-hybridized carbons (Fsp3) is 0.219. The Hall–Kier alpha value is -4.92. The Morgan fingerprint density at radius 1 is 1.00 bits per heavy atom. The molecular formula is C32H27FN4O4. The first-order chi connectivity index (χ1) is 19.7. The van der Waals surface area contributed by atoms with Gasteiger partial charge in [0, 0.05) is 34.8 Å². The number of primary amides is 1. The van der Waals surface area contributed by atoms with Gasteiger partial charge in [0.25, 0.3) is 5.91 Å². The number of nitrogens with one attached hydrogen (secondary N) is 1. The van der Waals surface area contributed by atoms with Crippen LogP contribution in [-0.2, 0) is 5.41 Å². The van der Waals surface area contributed by atoms with Crippen molar-refractivity contribution in [3.63, 3.8) is 0 Å². The van der Waals surface area contributed by atoms with Crippen molar-refractivity contribution in [1.82, 2.24) is 15.2 Å². The predicted octanol–water partition coefficient (Wildman–Crippen LogP) is 6.33. The van der Waals surface area contributed by atoms with Crippen molar-refractivity contribution in [2.45, 2.75) is 44.9 Å². The van der Waals surface area contributed by atoms with Crippen LogP contribution in [0.3, 0.4) is 0 Å². The number of ketones is 2. The van der Waals surface area contributed by atoms with E-state index in [9.17, 15) is 18.8 Å². The zero-order valence-corrected chi connectivity index (χ0v) is 22.6. The summed E-state index contributed by atoms with van der Waals surface area (Å²) in [4.78, 5) is 42.2. The Kier molecular flexibility index (Phi) is 6.37. The fourth-order valence-electron chi connectivity index (χ4n) is 5.30. The van der Waals surface area contributed by atoms with E-state index in [1.54, 1.807) is 19.1 Å². The highest BCUT2D eigenvalue weighted by Crippen LogP contribution is 2.50. The van der Waals surface area contributed by atoms with Crippen LogP contribution in [0, 0.1) is 12.7 Å². The number of aromatic nitrogens is 3. The third-order valence-electron chi connectivity index (χ3n) is 7.83. The van der Waals surface area contributed by atoms with Gasteiger partial charge in [-0.15, -0.1) is 5.10 Å². The minimum atomic E-state index is -0.721. The van der Waals surface area contributed by atoms with Gasteiger partial charge in [-0.1, -0.05) is 25.1 Å². The standard InChI is InChI=1S/C32H27FN4O4/c1-3-24(38)27-23-14-19(8-11-26(23)41-28(27)18-6-9-21(33)10-7-18)22-15-20(5-4-17(22)2)25(39)16-32(12-13-32)31-35-30(29(34)40)36-37-31/h4-11,14-15H,3,12-13,16H2,1-2H3,(H2,34,40)(H,35,36,37). The molecule has 41 heavy (non-hydrogen) atoms. The van der Waals surface area contributed by atoms with Gasteiger partial charge in [-0.3, -0.25) is 19.5 Å². The summed E-state index contributed by atoms with van der Waals surface area (Å²) in [6, 6.07) is 17.1. The van der Waals surface area contributed by atoms with Crippen LogP contribution in [0.5, 0.6) is 0 Å². The maximum absolute atomic E-state index is 13.6. The SMILES string of the molecule is CCC(=O)c1c(-c2ccc(F)cc2)oc2ccc(-c3cc(C(=O)CC4(c5nc(C(N)=O)n[nH]5)CC4)ccc3C)cc12. The number of amides is 1. The van der Waals surface area contributed by atoms with Crippen molar-refractivity contribution in [3.05, 3.63) is 94.8 Å². The average Bonchev–Trinajstić information content (AvgIpc) is 3.39. The normalized spacial score (nSPS) is 13.8. The van der Waals surface area contributed by atoms with Crippen LogP contribution in [0.2, 0.25) is 0 Å². The second kappa shape index (κ2) is 9.92. The van der Waals surface area contributed by atoms with Gasteiger partial charge < -0.3 is 10.2 Å². The summed E-state index contributed by atoms with van der Waals surface area (Å²) in [6.07, 6.45) is 2.02. The molecule has 2 heterocycles. The molecule has 6 rings (SSSR count). The van der Waals surface area contributed by atoms with Gasteiger partial charge in [-0.25, -0.2) is 9.37 Å². The highest BCUT2D eigenvalue weighted by molar-refractivity contribution is 6.12. The highest BCUT2D eigenvalue weighted by Gasteiger charge is 2.49. The van der Waals surface area contributed by atoms with E-state index in [2.05, 4.69) is 15.2 Å². The van der Waals surface area contributed by atoms with Gasteiger partial charge in [-0.05, 0) is 78.9 Å². The second-order valence-corrected chi connectivity index (χ2v) is 10.6. The van der Waals surface area contributed by atoms with E-state index in [1.807, 2.05) is 43.3 Å². The average molecular weight is 551 g/mol. The molecule has 0 radical (unpaired) electrons. The van der Waals surface area contributed by atoms with Crippen molar-refractivity contribution >= 4 is 28.4 Å². The van der Waals surface area contributed by atoms with E-state index < -0.39 is 11.3 Å². The molecule has 0 bridgehead atoms. The van der Waals surface area contributed by atoms with Crippen LogP contribution in [0.1, 0.15) is 75.3 Å². The Morgan fingerprint density at radius 2 is 1.73 bits per heavy atom. The minimum Gasteiger partial charge on any atom is -0.455 e. The van der Waals surface area contributed by atoms with Crippen LogP contribution < -0.4 is 5.73 Å². The number of aromatic amines is 1. The van der Waals surface area contributed by atoms with Gasteiger partial charge in [-0.2, -0.15) is 0 Å². The summed E-state index contributed by atoms with van der Waals surface area (Å²) in [7, 11) is 0. The molecule has 0 unspecified atom stereocenters. The topological polar surface area (TPSA) is 132 Å². The predicted molar refractivity (Wildman–Crippen MR) is 151 cm³/mol. The number of aryl methyl sites for hydroxylation is 1. The first-order valence-corrected chi connectivity index (χ1v) is 13.4. The van der Waals surface area contributed by atoms with Crippen LogP contribution in [-0.4, -0.2) is 32.7 Å². The first-order valence-electron chi connectivity index (χ1n) is 13.4. The van der Waals surface area contributed by atoms with Gasteiger partial charge in [0.1, 0.15) is 23.0 Å². The van der Waals surface area contributed by atoms with Crippen LogP contribution in [0.4, 0.5) is 4.39 Å². The molecule has 1 amide bonds. The lowest BCUT2D eigenvalue weighted by atomic mass is 9.91. The zero-order chi connectivity index (χ0) is 28.9. The molecule has 1 saturated carbocycles. The number of H-pyrrole nitrogens is 1. The molecule has 1 aliphatic carbocycles. The number of rotatable bonds is 9. The quantitative estimate of drug-likeness (QED) is 0.206. The largest absolute Gasteiger partial charge is 0.455 e. The molecule has 8 nitrogen and oxygen atoms in total. The number of Topliss-reactive ketones (excluding diaryl/α,β-unsaturated/α-hetero) is 2. The monoisotopic (exact) mass is 550 g/mol. The summed E-state index contributed by atoms with van der Waals surface area (Å²) < 4.78 is 19.7. The molecule has 3 N–H and O–H groups in total. The summed E-state index contributed by atoms with van der Waals surface area (Å²) in [6.45, 7) is 3.76. The van der Waals surface area contributed by atoms with Crippen molar-refractivity contribution in [2.24, 2.45) is 5.73 Å². The molecule has 0 saturated heterocycles.